The van der Waals surface area contributed by atoms with Gasteiger partial charge in [0.2, 0.25) is 11.7 Å². The van der Waals surface area contributed by atoms with Crippen molar-refractivity contribution in [1.82, 2.24) is 29.9 Å². The second kappa shape index (κ2) is 19.6. The number of aromatic hydroxyl groups is 2. The molecule has 1 aliphatic heterocycles. The number of phenols is 2. The predicted octanol–water partition coefficient (Wildman–Crippen LogP) is 7.45. The number of likely N-dealkylation sites (tertiary alicyclic amines) is 1. The van der Waals surface area contributed by atoms with Crippen LogP contribution >= 0.6 is 0 Å². The molecular formula is C50H56N6O6. The van der Waals surface area contributed by atoms with Crippen LogP contribution in [0.1, 0.15) is 96.9 Å². The van der Waals surface area contributed by atoms with Crippen molar-refractivity contribution < 1.29 is 29.7 Å². The molecule has 1 aliphatic carbocycles. The minimum Gasteiger partial charge on any atom is -0.508 e. The number of benzene rings is 4. The number of nitrogens with zero attached hydrogens (tertiary/aromatic N) is 5. The van der Waals surface area contributed by atoms with Gasteiger partial charge >= 0.3 is 0 Å². The lowest BCUT2D eigenvalue weighted by Crippen LogP contribution is -2.42. The van der Waals surface area contributed by atoms with Crippen LogP contribution in [-0.4, -0.2) is 90.3 Å². The summed E-state index contributed by atoms with van der Waals surface area (Å²) in [5, 5.41) is 41.9. The van der Waals surface area contributed by atoms with Gasteiger partial charge in [0.15, 0.2) is 11.6 Å². The van der Waals surface area contributed by atoms with E-state index in [1.165, 1.54) is 34.4 Å². The first-order valence-corrected chi connectivity index (χ1v) is 21.5. The fourth-order valence-electron chi connectivity index (χ4n) is 8.58. The molecule has 0 unspecified atom stereocenters. The zero-order valence-corrected chi connectivity index (χ0v) is 36.0. The predicted molar refractivity (Wildman–Crippen MR) is 241 cm³/mol. The lowest BCUT2D eigenvalue weighted by molar-refractivity contribution is -0.137. The topological polar surface area (TPSA) is 161 Å². The van der Waals surface area contributed by atoms with E-state index in [1.54, 1.807) is 16.7 Å². The van der Waals surface area contributed by atoms with Crippen molar-refractivity contribution in [2.45, 2.75) is 72.4 Å². The first-order chi connectivity index (χ1) is 29.9. The number of fused-ring (bicyclic) bond motifs is 1. The van der Waals surface area contributed by atoms with Gasteiger partial charge < -0.3 is 25.5 Å². The molecule has 0 saturated carbocycles. The standard InChI is InChI=1S/C50H56N6O6/c1-5-51-49(61)48-53-52-47(44-27-43(32(2)3)45(59)28-46(44)60)56(48)39-17-14-35(15-18-39)29-54-23-20-37(21-24-54)50(62)55(25-22-41-33(4)26-38-8-6-7-9-42(38)41)30-36-12-10-34(11-13-36)16-19-40(58)31-57/h6-19,27-28,32,37,57,59-60H,5,20-26,29-31H2,1-4H3,(H,51,61)/b19-16+. The van der Waals surface area contributed by atoms with Crippen molar-refractivity contribution in [2.24, 2.45) is 5.92 Å². The van der Waals surface area contributed by atoms with Crippen molar-refractivity contribution in [3.05, 3.63) is 136 Å². The van der Waals surface area contributed by atoms with Crippen molar-refractivity contribution in [3.63, 3.8) is 0 Å². The molecule has 0 atom stereocenters. The van der Waals surface area contributed by atoms with Crippen molar-refractivity contribution >= 4 is 29.2 Å². The molecule has 2 heterocycles. The molecule has 2 amide bonds. The Bertz CT molecular complexity index is 2480. The number of rotatable bonds is 16. The maximum Gasteiger partial charge on any atom is 0.289 e. The number of phenolic OH excluding ortho intramolecular Hbond substituents is 2. The number of aliphatic hydroxyl groups excluding tert-OH is 1. The van der Waals surface area contributed by atoms with E-state index in [2.05, 4.69) is 51.6 Å². The van der Waals surface area contributed by atoms with Crippen LogP contribution in [0.2, 0.25) is 0 Å². The summed E-state index contributed by atoms with van der Waals surface area (Å²) in [6.07, 6.45) is 6.27. The minimum absolute atomic E-state index is 0.0166. The third-order valence-electron chi connectivity index (χ3n) is 12.0. The van der Waals surface area contributed by atoms with Crippen LogP contribution in [0.5, 0.6) is 11.5 Å². The highest BCUT2D eigenvalue weighted by molar-refractivity contribution is 5.94. The van der Waals surface area contributed by atoms with Crippen LogP contribution in [0.25, 0.3) is 28.7 Å². The van der Waals surface area contributed by atoms with Gasteiger partial charge in [-0.2, -0.15) is 0 Å². The summed E-state index contributed by atoms with van der Waals surface area (Å²) in [7, 11) is 0. The van der Waals surface area contributed by atoms with Crippen LogP contribution < -0.4 is 5.32 Å². The highest BCUT2D eigenvalue weighted by Crippen LogP contribution is 2.39. The molecule has 1 saturated heterocycles. The molecule has 5 aromatic rings. The maximum absolute atomic E-state index is 14.4. The fourth-order valence-corrected chi connectivity index (χ4v) is 8.58. The molecule has 4 aromatic carbocycles. The van der Waals surface area contributed by atoms with Crippen LogP contribution in [0, 0.1) is 5.92 Å². The second-order valence-corrected chi connectivity index (χ2v) is 16.6. The summed E-state index contributed by atoms with van der Waals surface area (Å²) >= 11 is 0. The molecule has 1 fully saturated rings. The fraction of sp³-hybridized carbons (Fsp3) is 0.340. The van der Waals surface area contributed by atoms with Gasteiger partial charge in [-0.05, 0) is 122 Å². The molecule has 62 heavy (non-hydrogen) atoms. The van der Waals surface area contributed by atoms with Gasteiger partial charge in [-0.3, -0.25) is 23.9 Å². The van der Waals surface area contributed by atoms with E-state index in [1.807, 2.05) is 74.2 Å². The molecule has 1 aromatic heterocycles. The summed E-state index contributed by atoms with van der Waals surface area (Å²) in [5.41, 5.74) is 9.88. The Balaban J connectivity index is 1.04. The third kappa shape index (κ3) is 9.88. The zero-order valence-electron chi connectivity index (χ0n) is 36.0. The average molecular weight is 837 g/mol. The Morgan fingerprint density at radius 1 is 0.903 bits per heavy atom. The monoisotopic (exact) mass is 836 g/mol. The number of allylic oxidation sites excluding steroid dienone is 1. The summed E-state index contributed by atoms with van der Waals surface area (Å²) in [6.45, 7) is 11.1. The number of carbonyl (C=O) groups excluding carboxylic acids is 3. The van der Waals surface area contributed by atoms with E-state index < -0.39 is 12.5 Å². The Morgan fingerprint density at radius 3 is 2.31 bits per heavy atom. The molecule has 12 heteroatoms. The van der Waals surface area contributed by atoms with Crippen molar-refractivity contribution in [2.75, 3.05) is 32.8 Å². The molecule has 2 aliphatic rings. The van der Waals surface area contributed by atoms with Crippen LogP contribution in [0.3, 0.4) is 0 Å². The van der Waals surface area contributed by atoms with Crippen LogP contribution in [0.15, 0.2) is 96.6 Å². The van der Waals surface area contributed by atoms with E-state index >= 15 is 0 Å². The number of piperidine rings is 1. The Kier molecular flexibility index (Phi) is 13.8. The molecular weight excluding hydrogens is 781 g/mol. The number of ketones is 1. The van der Waals surface area contributed by atoms with Crippen LogP contribution in [0.4, 0.5) is 0 Å². The van der Waals surface area contributed by atoms with Gasteiger partial charge in [-0.15, -0.1) is 10.2 Å². The maximum atomic E-state index is 14.4. The quantitative estimate of drug-likeness (QED) is 0.0740. The Labute approximate surface area is 363 Å². The number of aliphatic hydroxyl groups is 1. The highest BCUT2D eigenvalue weighted by Gasteiger charge is 2.30. The Morgan fingerprint density at radius 2 is 1.61 bits per heavy atom. The van der Waals surface area contributed by atoms with Gasteiger partial charge in [0.05, 0.1) is 5.56 Å². The van der Waals surface area contributed by atoms with Crippen molar-refractivity contribution in [3.8, 4) is 28.6 Å². The average Bonchev–Trinajstić information content (AvgIpc) is 3.85. The highest BCUT2D eigenvalue weighted by atomic mass is 16.3. The van der Waals surface area contributed by atoms with E-state index in [4.69, 9.17) is 5.11 Å². The smallest absolute Gasteiger partial charge is 0.289 e. The lowest BCUT2D eigenvalue weighted by Gasteiger charge is -2.34. The molecule has 4 N–H and O–H groups in total. The first kappa shape index (κ1) is 43.7. The second-order valence-electron chi connectivity index (χ2n) is 16.6. The molecule has 12 nitrogen and oxygen atoms in total. The summed E-state index contributed by atoms with van der Waals surface area (Å²) in [5.74, 6) is -0.538. The third-order valence-corrected chi connectivity index (χ3v) is 12.0. The molecule has 7 rings (SSSR count). The number of amides is 2. The van der Waals surface area contributed by atoms with E-state index in [0.717, 1.165) is 55.5 Å². The molecule has 322 valence electrons. The van der Waals surface area contributed by atoms with Crippen LogP contribution in [-0.2, 0) is 29.1 Å². The zero-order chi connectivity index (χ0) is 43.9. The van der Waals surface area contributed by atoms with Gasteiger partial charge in [0, 0.05) is 43.9 Å². The van der Waals surface area contributed by atoms with Gasteiger partial charge in [-0.25, -0.2) is 0 Å². The summed E-state index contributed by atoms with van der Waals surface area (Å²) < 4.78 is 1.63. The number of nitrogens with one attached hydrogen (secondary N) is 1. The largest absolute Gasteiger partial charge is 0.508 e. The normalized spacial score (nSPS) is 14.5. The number of aromatic nitrogens is 3. The van der Waals surface area contributed by atoms with Gasteiger partial charge in [-0.1, -0.05) is 86.2 Å². The lowest BCUT2D eigenvalue weighted by atomic mass is 9.94. The molecule has 0 bridgehead atoms. The SMILES string of the molecule is CCNC(=O)c1nnc(-c2cc(C(C)C)c(O)cc2O)n1-c1ccc(CN2CCC(C(=O)N(CCC3=C(C)Cc4ccccc43)Cc3ccc(/C=C/C(=O)CO)cc3)CC2)cc1. The van der Waals surface area contributed by atoms with E-state index in [-0.39, 0.29) is 46.7 Å². The number of hydrogen-bond acceptors (Lipinski definition) is 9. The first-order valence-electron chi connectivity index (χ1n) is 21.5. The Hall–Kier alpha value is -6.37. The summed E-state index contributed by atoms with van der Waals surface area (Å²) in [6, 6.07) is 27.2. The minimum atomic E-state index is -0.525. The van der Waals surface area contributed by atoms with Gasteiger partial charge in [0.25, 0.3) is 5.91 Å². The number of hydrogen-bond donors (Lipinski definition) is 4. The molecule has 0 radical (unpaired) electrons. The van der Waals surface area contributed by atoms with Gasteiger partial charge in [0.1, 0.15) is 18.1 Å². The van der Waals surface area contributed by atoms with Crippen molar-refractivity contribution in [1.29, 1.82) is 0 Å². The summed E-state index contributed by atoms with van der Waals surface area (Å²) in [4.78, 5) is 43.6. The molecule has 0 spiro atoms. The van der Waals surface area contributed by atoms with E-state index in [9.17, 15) is 24.6 Å². The van der Waals surface area contributed by atoms with E-state index in [0.29, 0.717) is 43.0 Å². The number of carbonyl (C=O) groups is 3.